The molecule has 2 fully saturated rings. The zero-order valence-electron chi connectivity index (χ0n) is 26.6. The molecule has 8 heteroatoms. The molecule has 1 saturated heterocycles. The van der Waals surface area contributed by atoms with Gasteiger partial charge in [0.2, 0.25) is 5.78 Å². The number of nitrogens with zero attached hydrogens (tertiary/aromatic N) is 5. The summed E-state index contributed by atoms with van der Waals surface area (Å²) in [5, 5.41) is 1.95. The summed E-state index contributed by atoms with van der Waals surface area (Å²) in [5.41, 5.74) is 3.25. The molecule has 0 radical (unpaired) electrons. The highest BCUT2D eigenvalue weighted by molar-refractivity contribution is 7.17. The average Bonchev–Trinajstić information content (AvgIpc) is 3.60. The third-order valence-corrected chi connectivity index (χ3v) is 10.7. The van der Waals surface area contributed by atoms with Crippen molar-refractivity contribution in [3.63, 3.8) is 0 Å². The first-order valence-corrected chi connectivity index (χ1v) is 17.6. The van der Waals surface area contributed by atoms with Crippen molar-refractivity contribution in [1.82, 2.24) is 23.8 Å². The highest BCUT2D eigenvalue weighted by Gasteiger charge is 2.28. The number of benzene rings is 1. The lowest BCUT2D eigenvalue weighted by Gasteiger charge is -2.36. The van der Waals surface area contributed by atoms with E-state index in [1.807, 2.05) is 34.5 Å². The Kier molecular flexibility index (Phi) is 9.24. The van der Waals surface area contributed by atoms with Crippen LogP contribution in [0.25, 0.3) is 27.0 Å². The molecule has 0 spiro atoms. The summed E-state index contributed by atoms with van der Waals surface area (Å²) in [6, 6.07) is 8.14. The molecule has 1 aliphatic carbocycles. The van der Waals surface area contributed by atoms with E-state index in [0.717, 1.165) is 74.3 Å². The number of thiophene rings is 1. The summed E-state index contributed by atoms with van der Waals surface area (Å²) in [5.74, 6) is 2.71. The van der Waals surface area contributed by atoms with Gasteiger partial charge in [-0.3, -0.25) is 9.59 Å². The van der Waals surface area contributed by atoms with Gasteiger partial charge in [-0.25, -0.2) is 9.38 Å². The number of carbonyl (C=O) groups excluding carboxylic acids is 1. The second kappa shape index (κ2) is 13.1. The van der Waals surface area contributed by atoms with Gasteiger partial charge in [-0.1, -0.05) is 47.0 Å². The third-order valence-electron chi connectivity index (χ3n) is 9.80. The van der Waals surface area contributed by atoms with Gasteiger partial charge in [0.25, 0.3) is 11.5 Å². The Morgan fingerprint density at radius 1 is 0.953 bits per heavy atom. The van der Waals surface area contributed by atoms with Crippen LogP contribution in [-0.4, -0.2) is 62.4 Å². The van der Waals surface area contributed by atoms with Crippen molar-refractivity contribution in [3.05, 3.63) is 45.6 Å². The number of amides is 1. The molecule has 0 unspecified atom stereocenters. The quantitative estimate of drug-likeness (QED) is 0.187. The molecule has 7 nitrogen and oxygen atoms in total. The van der Waals surface area contributed by atoms with E-state index in [1.54, 1.807) is 4.40 Å². The summed E-state index contributed by atoms with van der Waals surface area (Å²) < 4.78 is 4.79. The van der Waals surface area contributed by atoms with Crippen LogP contribution in [-0.2, 0) is 0 Å². The van der Waals surface area contributed by atoms with Crippen LogP contribution in [0.5, 0.6) is 0 Å². The van der Waals surface area contributed by atoms with Gasteiger partial charge < -0.3 is 14.4 Å². The predicted octanol–water partition coefficient (Wildman–Crippen LogP) is 7.62. The van der Waals surface area contributed by atoms with Crippen molar-refractivity contribution in [2.45, 2.75) is 91.5 Å². The summed E-state index contributed by atoms with van der Waals surface area (Å²) in [6.07, 6.45) is 10.9. The molecule has 1 aliphatic heterocycles. The number of fused-ring (bicyclic) bond motifs is 4. The van der Waals surface area contributed by atoms with Crippen molar-refractivity contribution in [1.29, 1.82) is 0 Å². The Hall–Kier alpha value is -2.71. The maximum Gasteiger partial charge on any atom is 0.277 e. The molecule has 6 rings (SSSR count). The van der Waals surface area contributed by atoms with Crippen LogP contribution >= 0.6 is 11.3 Å². The van der Waals surface area contributed by atoms with Crippen LogP contribution in [0.3, 0.4) is 0 Å². The minimum Gasteiger partial charge on any atom is -0.339 e. The highest BCUT2D eigenvalue weighted by atomic mass is 32.1. The first-order valence-electron chi connectivity index (χ1n) is 16.8. The van der Waals surface area contributed by atoms with E-state index in [-0.39, 0.29) is 17.5 Å². The van der Waals surface area contributed by atoms with Crippen LogP contribution in [0.2, 0.25) is 0 Å². The van der Waals surface area contributed by atoms with Gasteiger partial charge in [-0.15, -0.1) is 11.3 Å². The lowest BCUT2D eigenvalue weighted by atomic mass is 9.88. The van der Waals surface area contributed by atoms with Crippen LogP contribution in [0.15, 0.2) is 34.4 Å². The molecule has 1 saturated carbocycles. The second-order valence-corrected chi connectivity index (χ2v) is 14.9. The monoisotopic (exact) mass is 603 g/mol. The van der Waals surface area contributed by atoms with Gasteiger partial charge in [0, 0.05) is 44.3 Å². The molecule has 0 N–H and O–H groups in total. The molecule has 4 aromatic rings. The average molecular weight is 604 g/mol. The second-order valence-electron chi connectivity index (χ2n) is 14.0. The fourth-order valence-electron chi connectivity index (χ4n) is 7.21. The third kappa shape index (κ3) is 6.41. The van der Waals surface area contributed by atoms with Crippen molar-refractivity contribution < 1.29 is 4.79 Å². The number of imidazole rings is 1. The number of hydrogen-bond donors (Lipinski definition) is 0. The van der Waals surface area contributed by atoms with Crippen LogP contribution in [0, 0.1) is 17.8 Å². The number of aromatic nitrogens is 3. The standard InChI is InChI=1S/C35H49N5O2S/c1-24(2)12-19-38(20-13-25(3)4)33(41)27-10-11-30-31(22-27)39(35-36-29-16-21-43-32(29)34(42)40(30)35)28-14-17-37(18-15-28)23-26-8-6-5-7-9-26/h10-11,16,21-22,24-26,28H,5-9,12-15,17-20,23H2,1-4H3. The van der Waals surface area contributed by atoms with Gasteiger partial charge >= 0.3 is 0 Å². The van der Waals surface area contributed by atoms with Crippen molar-refractivity contribution in [2.24, 2.45) is 17.8 Å². The van der Waals surface area contributed by atoms with Crippen LogP contribution < -0.4 is 5.56 Å². The van der Waals surface area contributed by atoms with Gasteiger partial charge in [-0.2, -0.15) is 0 Å². The highest BCUT2D eigenvalue weighted by Crippen LogP contribution is 2.33. The molecule has 2 aliphatic rings. The Balaban J connectivity index is 1.37. The smallest absolute Gasteiger partial charge is 0.277 e. The summed E-state index contributed by atoms with van der Waals surface area (Å²) in [6.45, 7) is 13.7. The minimum atomic E-state index is -0.0111. The van der Waals surface area contributed by atoms with E-state index in [2.05, 4.69) is 37.2 Å². The van der Waals surface area contributed by atoms with Crippen molar-refractivity contribution >= 4 is 44.3 Å². The lowest BCUT2D eigenvalue weighted by Crippen LogP contribution is -2.38. The van der Waals surface area contributed by atoms with Gasteiger partial charge in [-0.05, 0) is 85.9 Å². The maximum absolute atomic E-state index is 14.0. The molecule has 3 aromatic heterocycles. The van der Waals surface area contributed by atoms with E-state index in [9.17, 15) is 9.59 Å². The van der Waals surface area contributed by atoms with Crippen molar-refractivity contribution in [2.75, 3.05) is 32.7 Å². The molecular weight excluding hydrogens is 554 g/mol. The Morgan fingerprint density at radius 3 is 2.33 bits per heavy atom. The first kappa shape index (κ1) is 30.3. The van der Waals surface area contributed by atoms with Gasteiger partial charge in [0.1, 0.15) is 4.70 Å². The van der Waals surface area contributed by atoms with E-state index in [0.29, 0.717) is 27.9 Å². The lowest BCUT2D eigenvalue weighted by molar-refractivity contribution is 0.0741. The minimum absolute atomic E-state index is 0.0111. The summed E-state index contributed by atoms with van der Waals surface area (Å²) in [4.78, 5) is 37.5. The molecule has 0 atom stereocenters. The van der Waals surface area contributed by atoms with E-state index in [4.69, 9.17) is 4.98 Å². The predicted molar refractivity (Wildman–Crippen MR) is 178 cm³/mol. The van der Waals surface area contributed by atoms with E-state index >= 15 is 0 Å². The summed E-state index contributed by atoms with van der Waals surface area (Å²) >= 11 is 1.45. The van der Waals surface area contributed by atoms with E-state index in [1.165, 1.54) is 50.0 Å². The number of piperidine rings is 1. The topological polar surface area (TPSA) is 62.9 Å². The Morgan fingerprint density at radius 2 is 1.65 bits per heavy atom. The summed E-state index contributed by atoms with van der Waals surface area (Å²) in [7, 11) is 0. The zero-order valence-corrected chi connectivity index (χ0v) is 27.4. The normalized spacial score (nSPS) is 17.7. The number of carbonyl (C=O) groups is 1. The van der Waals surface area contributed by atoms with Crippen LogP contribution in [0.4, 0.5) is 0 Å². The first-order chi connectivity index (χ1) is 20.8. The van der Waals surface area contributed by atoms with Crippen molar-refractivity contribution in [3.8, 4) is 0 Å². The molecule has 4 heterocycles. The van der Waals surface area contributed by atoms with Gasteiger partial charge in [0.15, 0.2) is 0 Å². The molecule has 0 bridgehead atoms. The maximum atomic E-state index is 14.0. The van der Waals surface area contributed by atoms with E-state index < -0.39 is 0 Å². The Bertz CT molecular complexity index is 1610. The molecule has 43 heavy (non-hydrogen) atoms. The molecular formula is C35H49N5O2S. The largest absolute Gasteiger partial charge is 0.339 e. The number of hydrogen-bond acceptors (Lipinski definition) is 5. The number of rotatable bonds is 10. The van der Waals surface area contributed by atoms with Gasteiger partial charge in [0.05, 0.1) is 16.6 Å². The SMILES string of the molecule is CC(C)CCN(CCC(C)C)C(=O)c1ccc2c(c1)n(C1CCN(CC3CCCCC3)CC1)c1nc3ccsc3c(=O)n21. The molecule has 232 valence electrons. The fraction of sp³-hybridized carbons (Fsp3) is 0.629. The van der Waals surface area contributed by atoms with Crippen LogP contribution in [0.1, 0.15) is 102 Å². The number of likely N-dealkylation sites (tertiary alicyclic amines) is 1. The fourth-order valence-corrected chi connectivity index (χ4v) is 7.97. The zero-order chi connectivity index (χ0) is 30.1. The Labute approximate surface area is 259 Å². The molecule has 1 amide bonds. The molecule has 1 aromatic carbocycles.